The van der Waals surface area contributed by atoms with Crippen molar-refractivity contribution < 1.29 is 4.74 Å². The molecule has 0 aromatic heterocycles. The van der Waals surface area contributed by atoms with Gasteiger partial charge in [0.1, 0.15) is 5.75 Å². The number of ether oxygens (including phenoxy) is 1. The van der Waals surface area contributed by atoms with Crippen LogP contribution in [-0.2, 0) is 0 Å². The Kier molecular flexibility index (Phi) is 5.47. The second-order valence-electron chi connectivity index (χ2n) is 6.38. The van der Waals surface area contributed by atoms with Crippen LogP contribution in [0.15, 0.2) is 24.3 Å². The van der Waals surface area contributed by atoms with Gasteiger partial charge in [-0.1, -0.05) is 44.7 Å². The molecular formula is C18H29NO. The predicted octanol–water partition coefficient (Wildman–Crippen LogP) is 4.69. The summed E-state index contributed by atoms with van der Waals surface area (Å²) in [5, 5.41) is 0. The van der Waals surface area contributed by atoms with Gasteiger partial charge in [0.25, 0.3) is 0 Å². The number of benzene rings is 1. The number of hydrogen-bond acceptors (Lipinski definition) is 2. The summed E-state index contributed by atoms with van der Waals surface area (Å²) in [5.74, 6) is 2.35. The van der Waals surface area contributed by atoms with E-state index in [0.717, 1.165) is 11.7 Å². The van der Waals surface area contributed by atoms with Crippen molar-refractivity contribution in [1.82, 2.24) is 0 Å². The lowest BCUT2D eigenvalue weighted by Gasteiger charge is -2.35. The number of hydrogen-bond donors (Lipinski definition) is 1. The fourth-order valence-corrected chi connectivity index (χ4v) is 3.53. The van der Waals surface area contributed by atoms with Crippen LogP contribution in [0.25, 0.3) is 0 Å². The second-order valence-corrected chi connectivity index (χ2v) is 6.38. The highest BCUT2D eigenvalue weighted by atomic mass is 16.5. The molecule has 112 valence electrons. The molecular weight excluding hydrogens is 246 g/mol. The molecule has 1 aromatic carbocycles. The fourth-order valence-electron chi connectivity index (χ4n) is 3.53. The van der Waals surface area contributed by atoms with Crippen LogP contribution in [0.1, 0.15) is 64.5 Å². The molecule has 1 aliphatic rings. The molecule has 1 saturated carbocycles. The summed E-state index contributed by atoms with van der Waals surface area (Å²) in [6.45, 7) is 6.41. The van der Waals surface area contributed by atoms with E-state index in [1.54, 1.807) is 0 Å². The van der Waals surface area contributed by atoms with Gasteiger partial charge in [-0.05, 0) is 49.8 Å². The Morgan fingerprint density at radius 2 is 2.00 bits per heavy atom. The minimum absolute atomic E-state index is 0.149. The van der Waals surface area contributed by atoms with Crippen molar-refractivity contribution in [2.24, 2.45) is 17.6 Å². The lowest BCUT2D eigenvalue weighted by atomic mass is 9.72. The third kappa shape index (κ3) is 3.76. The molecule has 3 unspecified atom stereocenters. The van der Waals surface area contributed by atoms with Gasteiger partial charge >= 0.3 is 0 Å². The molecule has 0 aliphatic heterocycles. The first kappa shape index (κ1) is 15.4. The van der Waals surface area contributed by atoms with Crippen molar-refractivity contribution in [2.75, 3.05) is 0 Å². The Hall–Kier alpha value is -1.02. The lowest BCUT2D eigenvalue weighted by molar-refractivity contribution is 0.196. The predicted molar refractivity (Wildman–Crippen MR) is 84.9 cm³/mol. The molecule has 1 aliphatic carbocycles. The normalized spacial score (nSPS) is 24.6. The molecule has 20 heavy (non-hydrogen) atoms. The third-order valence-electron chi connectivity index (χ3n) is 4.57. The highest BCUT2D eigenvalue weighted by Gasteiger charge is 2.29. The highest BCUT2D eigenvalue weighted by molar-refractivity contribution is 5.31. The van der Waals surface area contributed by atoms with E-state index >= 15 is 0 Å². The van der Waals surface area contributed by atoms with Crippen LogP contribution in [0.4, 0.5) is 0 Å². The first-order valence-electron chi connectivity index (χ1n) is 8.14. The van der Waals surface area contributed by atoms with Crippen LogP contribution in [0.2, 0.25) is 0 Å². The molecule has 2 heteroatoms. The Morgan fingerprint density at radius 1 is 1.25 bits per heavy atom. The van der Waals surface area contributed by atoms with Crippen molar-refractivity contribution >= 4 is 0 Å². The van der Waals surface area contributed by atoms with Crippen molar-refractivity contribution in [3.05, 3.63) is 29.8 Å². The molecule has 0 bridgehead atoms. The van der Waals surface area contributed by atoms with Gasteiger partial charge in [0, 0.05) is 6.04 Å². The number of nitrogens with two attached hydrogens (primary N) is 1. The maximum absolute atomic E-state index is 6.58. The van der Waals surface area contributed by atoms with Crippen LogP contribution < -0.4 is 10.5 Å². The smallest absolute Gasteiger partial charge is 0.120 e. The minimum atomic E-state index is 0.149. The van der Waals surface area contributed by atoms with Crippen LogP contribution in [0.3, 0.4) is 0 Å². The molecule has 1 fully saturated rings. The summed E-state index contributed by atoms with van der Waals surface area (Å²) >= 11 is 0. The van der Waals surface area contributed by atoms with E-state index in [2.05, 4.69) is 39.0 Å². The average Bonchev–Trinajstić information content (AvgIpc) is 2.46. The summed E-state index contributed by atoms with van der Waals surface area (Å²) < 4.78 is 5.79. The minimum Gasteiger partial charge on any atom is -0.491 e. The van der Waals surface area contributed by atoms with Crippen LogP contribution in [0, 0.1) is 11.8 Å². The zero-order valence-electron chi connectivity index (χ0n) is 13.1. The average molecular weight is 275 g/mol. The quantitative estimate of drug-likeness (QED) is 0.846. The topological polar surface area (TPSA) is 35.2 Å². The summed E-state index contributed by atoms with van der Waals surface area (Å²) in [6, 6.07) is 8.52. The van der Waals surface area contributed by atoms with Gasteiger partial charge in [0.2, 0.25) is 0 Å². The molecule has 3 atom stereocenters. The van der Waals surface area contributed by atoms with E-state index in [-0.39, 0.29) is 12.1 Å². The first-order chi connectivity index (χ1) is 9.61. The lowest BCUT2D eigenvalue weighted by Crippen LogP contribution is -2.30. The zero-order valence-corrected chi connectivity index (χ0v) is 13.1. The monoisotopic (exact) mass is 275 g/mol. The van der Waals surface area contributed by atoms with Gasteiger partial charge in [-0.2, -0.15) is 0 Å². The Balaban J connectivity index is 2.12. The molecule has 2 rings (SSSR count). The number of rotatable bonds is 5. The molecule has 0 radical (unpaired) electrons. The summed E-state index contributed by atoms with van der Waals surface area (Å²) in [4.78, 5) is 0. The van der Waals surface area contributed by atoms with E-state index in [0.29, 0.717) is 5.92 Å². The molecule has 0 saturated heterocycles. The van der Waals surface area contributed by atoms with Gasteiger partial charge < -0.3 is 10.5 Å². The first-order valence-corrected chi connectivity index (χ1v) is 8.14. The van der Waals surface area contributed by atoms with Gasteiger partial charge in [-0.15, -0.1) is 0 Å². The van der Waals surface area contributed by atoms with Crippen LogP contribution in [0.5, 0.6) is 5.75 Å². The standard InChI is InChI=1S/C18H29NO/c1-4-14-8-5-6-11-17(14)18(19)15-9-7-10-16(12-15)20-13(2)3/h7,9-10,12-14,17-18H,4-6,8,11,19H2,1-3H3. The van der Waals surface area contributed by atoms with Crippen molar-refractivity contribution in [3.63, 3.8) is 0 Å². The van der Waals surface area contributed by atoms with E-state index in [1.165, 1.54) is 37.7 Å². The van der Waals surface area contributed by atoms with Crippen LogP contribution >= 0.6 is 0 Å². The highest BCUT2D eigenvalue weighted by Crippen LogP contribution is 2.39. The molecule has 0 amide bonds. The summed E-state index contributed by atoms with van der Waals surface area (Å²) in [6.07, 6.45) is 6.78. The maximum atomic E-state index is 6.58. The van der Waals surface area contributed by atoms with E-state index < -0.39 is 0 Å². The van der Waals surface area contributed by atoms with Crippen molar-refractivity contribution in [2.45, 2.75) is 65.0 Å². The molecule has 2 N–H and O–H groups in total. The van der Waals surface area contributed by atoms with Crippen molar-refractivity contribution in [1.29, 1.82) is 0 Å². The van der Waals surface area contributed by atoms with E-state index in [4.69, 9.17) is 10.5 Å². The summed E-state index contributed by atoms with van der Waals surface area (Å²) in [5.41, 5.74) is 7.81. The van der Waals surface area contributed by atoms with Crippen LogP contribution in [-0.4, -0.2) is 6.10 Å². The largest absolute Gasteiger partial charge is 0.491 e. The Bertz CT molecular complexity index is 416. The van der Waals surface area contributed by atoms with Gasteiger partial charge in [0.15, 0.2) is 0 Å². The fraction of sp³-hybridized carbons (Fsp3) is 0.667. The molecule has 2 nitrogen and oxygen atoms in total. The van der Waals surface area contributed by atoms with Gasteiger partial charge in [-0.3, -0.25) is 0 Å². The maximum Gasteiger partial charge on any atom is 0.120 e. The van der Waals surface area contributed by atoms with E-state index in [9.17, 15) is 0 Å². The SMILES string of the molecule is CCC1CCCCC1C(N)c1cccc(OC(C)C)c1. The molecule has 0 spiro atoms. The third-order valence-corrected chi connectivity index (χ3v) is 4.57. The molecule has 1 aromatic rings. The van der Waals surface area contributed by atoms with Crippen molar-refractivity contribution in [3.8, 4) is 5.75 Å². The van der Waals surface area contributed by atoms with Gasteiger partial charge in [-0.25, -0.2) is 0 Å². The second kappa shape index (κ2) is 7.12. The zero-order chi connectivity index (χ0) is 14.5. The van der Waals surface area contributed by atoms with E-state index in [1.807, 2.05) is 6.07 Å². The van der Waals surface area contributed by atoms with Gasteiger partial charge in [0.05, 0.1) is 6.10 Å². The Morgan fingerprint density at radius 3 is 2.70 bits per heavy atom. The summed E-state index contributed by atoms with van der Waals surface area (Å²) in [7, 11) is 0. The molecule has 0 heterocycles. The Labute approximate surface area is 123 Å².